The van der Waals surface area contributed by atoms with Gasteiger partial charge in [-0.3, -0.25) is 9.59 Å². The minimum atomic E-state index is -0.846. The van der Waals surface area contributed by atoms with Crippen molar-refractivity contribution in [3.05, 3.63) is 71.9 Å². The van der Waals surface area contributed by atoms with E-state index in [0.29, 0.717) is 25.7 Å². The Kier molecular flexibility index (Phi) is 6.26. The van der Waals surface area contributed by atoms with Crippen LogP contribution in [0.25, 0.3) is 10.9 Å². The second-order valence-corrected chi connectivity index (χ2v) is 6.75. The first-order valence-electron chi connectivity index (χ1n) is 9.22. The molecule has 0 spiro atoms. The maximum Gasteiger partial charge on any atom is 0.303 e. The number of fused-ring (bicyclic) bond motifs is 1. The second-order valence-electron chi connectivity index (χ2n) is 6.75. The molecule has 1 aromatic heterocycles. The van der Waals surface area contributed by atoms with Gasteiger partial charge >= 0.3 is 5.97 Å². The van der Waals surface area contributed by atoms with Gasteiger partial charge in [0.15, 0.2) is 0 Å². The van der Waals surface area contributed by atoms with Gasteiger partial charge in [0.25, 0.3) is 0 Å². The molecule has 0 bridgehead atoms. The molecule has 3 aromatic rings. The third-order valence-corrected chi connectivity index (χ3v) is 4.69. The monoisotopic (exact) mass is 364 g/mol. The maximum absolute atomic E-state index is 12.5. The highest BCUT2D eigenvalue weighted by Gasteiger charge is 2.15. The topological polar surface area (TPSA) is 82.2 Å². The number of para-hydroxylation sites is 1. The molecular weight excluding hydrogens is 340 g/mol. The molecule has 0 radical (unpaired) electrons. The number of amides is 1. The van der Waals surface area contributed by atoms with E-state index in [2.05, 4.69) is 10.3 Å². The van der Waals surface area contributed by atoms with Crippen LogP contribution >= 0.6 is 0 Å². The zero-order valence-electron chi connectivity index (χ0n) is 15.2. The van der Waals surface area contributed by atoms with Gasteiger partial charge < -0.3 is 15.4 Å². The van der Waals surface area contributed by atoms with Gasteiger partial charge in [0.05, 0.1) is 0 Å². The number of carbonyl (C=O) groups excluding carboxylic acids is 1. The number of aromatic nitrogens is 1. The summed E-state index contributed by atoms with van der Waals surface area (Å²) in [6.45, 7) is 0. The number of aliphatic carboxylic acids is 1. The molecule has 0 fully saturated rings. The molecule has 3 rings (SSSR count). The van der Waals surface area contributed by atoms with Crippen molar-refractivity contribution in [3.8, 4) is 0 Å². The molecule has 0 saturated carbocycles. The Labute approximate surface area is 158 Å². The van der Waals surface area contributed by atoms with Crippen LogP contribution in [0.2, 0.25) is 0 Å². The van der Waals surface area contributed by atoms with Gasteiger partial charge in [-0.05, 0) is 36.5 Å². The third-order valence-electron chi connectivity index (χ3n) is 4.69. The molecular formula is C22H24N2O3. The summed E-state index contributed by atoms with van der Waals surface area (Å²) in [5.74, 6) is -0.896. The van der Waals surface area contributed by atoms with E-state index in [1.165, 1.54) is 0 Å². The first-order valence-corrected chi connectivity index (χ1v) is 9.22. The van der Waals surface area contributed by atoms with E-state index in [1.54, 1.807) is 0 Å². The Morgan fingerprint density at radius 3 is 2.52 bits per heavy atom. The molecule has 0 saturated heterocycles. The highest BCUT2D eigenvalue weighted by Crippen LogP contribution is 2.19. The lowest BCUT2D eigenvalue weighted by atomic mass is 10.0. The number of carboxylic acids is 1. The van der Waals surface area contributed by atoms with Crippen LogP contribution in [0.4, 0.5) is 0 Å². The summed E-state index contributed by atoms with van der Waals surface area (Å²) in [4.78, 5) is 26.6. The van der Waals surface area contributed by atoms with E-state index >= 15 is 0 Å². The lowest BCUT2D eigenvalue weighted by Crippen LogP contribution is -2.37. The van der Waals surface area contributed by atoms with Gasteiger partial charge in [-0.25, -0.2) is 0 Å². The molecule has 0 aliphatic heterocycles. The predicted molar refractivity (Wildman–Crippen MR) is 106 cm³/mol. The highest BCUT2D eigenvalue weighted by molar-refractivity contribution is 5.84. The number of rotatable bonds is 9. The molecule has 1 amide bonds. The number of nitrogens with one attached hydrogen (secondary N) is 2. The average molecular weight is 364 g/mol. The van der Waals surface area contributed by atoms with Gasteiger partial charge in [-0.2, -0.15) is 0 Å². The van der Waals surface area contributed by atoms with Crippen molar-refractivity contribution in [2.45, 2.75) is 38.1 Å². The largest absolute Gasteiger partial charge is 0.481 e. The molecule has 1 heterocycles. The SMILES string of the molecule is O=C(O)CCC(Cc1ccccc1)NC(=O)CCc1c[nH]c2ccccc12. The fraction of sp³-hybridized carbons (Fsp3) is 0.273. The molecule has 1 atom stereocenters. The number of carbonyl (C=O) groups is 2. The normalized spacial score (nSPS) is 12.0. The predicted octanol–water partition coefficient (Wildman–Crippen LogP) is 3.69. The summed E-state index contributed by atoms with van der Waals surface area (Å²) in [5.41, 5.74) is 3.27. The minimum Gasteiger partial charge on any atom is -0.481 e. The molecule has 5 heteroatoms. The van der Waals surface area contributed by atoms with Crippen molar-refractivity contribution in [2.75, 3.05) is 0 Å². The standard InChI is InChI=1S/C22H24N2O3/c25-21(12-10-17-15-23-20-9-5-4-8-19(17)20)24-18(11-13-22(26)27)14-16-6-2-1-3-7-16/h1-9,15,18,23H,10-14H2,(H,24,25)(H,26,27). The van der Waals surface area contributed by atoms with Crippen LogP contribution in [0.5, 0.6) is 0 Å². The summed E-state index contributed by atoms with van der Waals surface area (Å²) in [6, 6.07) is 17.7. The van der Waals surface area contributed by atoms with Gasteiger partial charge in [-0.15, -0.1) is 0 Å². The lowest BCUT2D eigenvalue weighted by Gasteiger charge is -2.18. The average Bonchev–Trinajstić information content (AvgIpc) is 3.08. The Morgan fingerprint density at radius 2 is 1.74 bits per heavy atom. The van der Waals surface area contributed by atoms with Crippen molar-refractivity contribution in [2.24, 2.45) is 0 Å². The summed E-state index contributed by atoms with van der Waals surface area (Å²) in [6.07, 6.45) is 4.06. The van der Waals surface area contributed by atoms with E-state index < -0.39 is 5.97 Å². The van der Waals surface area contributed by atoms with Crippen molar-refractivity contribution in [3.63, 3.8) is 0 Å². The number of benzene rings is 2. The summed E-state index contributed by atoms with van der Waals surface area (Å²) < 4.78 is 0. The number of carboxylic acid groups (broad SMARTS) is 1. The van der Waals surface area contributed by atoms with E-state index in [1.807, 2.05) is 60.8 Å². The van der Waals surface area contributed by atoms with Gasteiger partial charge in [0.2, 0.25) is 5.91 Å². The number of hydrogen-bond acceptors (Lipinski definition) is 2. The zero-order chi connectivity index (χ0) is 19.1. The van der Waals surface area contributed by atoms with Gasteiger partial charge in [-0.1, -0.05) is 48.5 Å². The maximum atomic E-state index is 12.5. The Balaban J connectivity index is 1.58. The minimum absolute atomic E-state index is 0.0419. The number of H-pyrrole nitrogens is 1. The summed E-state index contributed by atoms with van der Waals surface area (Å²) in [5, 5.41) is 13.1. The molecule has 2 aromatic carbocycles. The molecule has 1 unspecified atom stereocenters. The molecule has 140 valence electrons. The molecule has 3 N–H and O–H groups in total. The van der Waals surface area contributed by atoms with Crippen molar-refractivity contribution < 1.29 is 14.7 Å². The Hall–Kier alpha value is -3.08. The van der Waals surface area contributed by atoms with Gasteiger partial charge in [0.1, 0.15) is 0 Å². The fourth-order valence-corrected chi connectivity index (χ4v) is 3.31. The molecule has 0 aliphatic carbocycles. The van der Waals surface area contributed by atoms with Crippen LogP contribution in [0.3, 0.4) is 0 Å². The van der Waals surface area contributed by atoms with Crippen LogP contribution in [0, 0.1) is 0 Å². The molecule has 27 heavy (non-hydrogen) atoms. The van der Waals surface area contributed by atoms with E-state index in [0.717, 1.165) is 22.0 Å². The summed E-state index contributed by atoms with van der Waals surface area (Å²) >= 11 is 0. The summed E-state index contributed by atoms with van der Waals surface area (Å²) in [7, 11) is 0. The zero-order valence-corrected chi connectivity index (χ0v) is 15.2. The van der Waals surface area contributed by atoms with E-state index in [-0.39, 0.29) is 18.4 Å². The fourth-order valence-electron chi connectivity index (χ4n) is 3.31. The number of hydrogen-bond donors (Lipinski definition) is 3. The van der Waals surface area contributed by atoms with Crippen LogP contribution in [0.15, 0.2) is 60.8 Å². The first-order chi connectivity index (χ1) is 13.1. The molecule has 0 aliphatic rings. The van der Waals surface area contributed by atoms with Crippen LogP contribution in [-0.4, -0.2) is 28.0 Å². The Bertz CT molecular complexity index is 902. The van der Waals surface area contributed by atoms with E-state index in [9.17, 15) is 9.59 Å². The van der Waals surface area contributed by atoms with Crippen molar-refractivity contribution in [1.29, 1.82) is 0 Å². The van der Waals surface area contributed by atoms with Crippen LogP contribution < -0.4 is 5.32 Å². The number of aryl methyl sites for hydroxylation is 1. The number of aromatic amines is 1. The highest BCUT2D eigenvalue weighted by atomic mass is 16.4. The Morgan fingerprint density at radius 1 is 1.00 bits per heavy atom. The van der Waals surface area contributed by atoms with E-state index in [4.69, 9.17) is 5.11 Å². The smallest absolute Gasteiger partial charge is 0.303 e. The lowest BCUT2D eigenvalue weighted by molar-refractivity contribution is -0.137. The van der Waals surface area contributed by atoms with Gasteiger partial charge in [0, 0.05) is 36.0 Å². The van der Waals surface area contributed by atoms with Crippen molar-refractivity contribution in [1.82, 2.24) is 10.3 Å². The van der Waals surface area contributed by atoms with Crippen molar-refractivity contribution >= 4 is 22.8 Å². The third kappa shape index (κ3) is 5.45. The quantitative estimate of drug-likeness (QED) is 0.541. The molecule has 5 nitrogen and oxygen atoms in total. The van der Waals surface area contributed by atoms with Crippen LogP contribution in [-0.2, 0) is 22.4 Å². The first kappa shape index (κ1) is 18.7. The van der Waals surface area contributed by atoms with Crippen LogP contribution in [0.1, 0.15) is 30.4 Å². The second kappa shape index (κ2) is 9.03.